The van der Waals surface area contributed by atoms with Gasteiger partial charge in [-0.3, -0.25) is 0 Å². The zero-order valence-corrected chi connectivity index (χ0v) is 12.2. The summed E-state index contributed by atoms with van der Waals surface area (Å²) in [6.45, 7) is 3.76. The van der Waals surface area contributed by atoms with Crippen LogP contribution in [0.1, 0.15) is 26.2 Å². The van der Waals surface area contributed by atoms with Gasteiger partial charge >= 0.3 is 0 Å². The van der Waals surface area contributed by atoms with Crippen molar-refractivity contribution in [1.29, 1.82) is 0 Å². The largest absolute Gasteiger partial charge is 0.385 e. The average molecular weight is 285 g/mol. The molecule has 0 spiro atoms. The number of hydrogen-bond donors (Lipinski definition) is 3. The second-order valence-corrected chi connectivity index (χ2v) is 6.07. The fourth-order valence-corrected chi connectivity index (χ4v) is 2.75. The van der Waals surface area contributed by atoms with E-state index in [9.17, 15) is 8.42 Å². The van der Waals surface area contributed by atoms with E-state index < -0.39 is 10.0 Å². The van der Waals surface area contributed by atoms with E-state index in [1.807, 2.05) is 0 Å². The zero-order valence-electron chi connectivity index (χ0n) is 11.4. The van der Waals surface area contributed by atoms with Crippen LogP contribution < -0.4 is 15.8 Å². The molecule has 0 aliphatic heterocycles. The molecule has 0 unspecified atom stereocenters. The van der Waals surface area contributed by atoms with E-state index in [0.717, 1.165) is 38.0 Å². The van der Waals surface area contributed by atoms with Gasteiger partial charge in [-0.25, -0.2) is 13.1 Å². The second kappa shape index (κ2) is 8.14. The van der Waals surface area contributed by atoms with Crippen LogP contribution in [0.3, 0.4) is 0 Å². The van der Waals surface area contributed by atoms with Crippen molar-refractivity contribution in [3.05, 3.63) is 24.3 Å². The highest BCUT2D eigenvalue weighted by Gasteiger charge is 2.11. The van der Waals surface area contributed by atoms with Gasteiger partial charge in [0.1, 0.15) is 0 Å². The summed E-state index contributed by atoms with van der Waals surface area (Å²) in [6.07, 6.45) is 3.21. The first-order chi connectivity index (χ1) is 9.10. The van der Waals surface area contributed by atoms with E-state index in [1.165, 1.54) is 0 Å². The summed E-state index contributed by atoms with van der Waals surface area (Å²) >= 11 is 0. The maximum absolute atomic E-state index is 11.7. The van der Waals surface area contributed by atoms with Crippen LogP contribution in [0.25, 0.3) is 0 Å². The Kier molecular flexibility index (Phi) is 6.83. The monoisotopic (exact) mass is 285 g/mol. The van der Waals surface area contributed by atoms with Gasteiger partial charge in [0.25, 0.3) is 0 Å². The van der Waals surface area contributed by atoms with Gasteiger partial charge in [0.05, 0.1) is 4.90 Å². The van der Waals surface area contributed by atoms with Crippen molar-refractivity contribution < 1.29 is 8.42 Å². The third kappa shape index (κ3) is 5.59. The van der Waals surface area contributed by atoms with Gasteiger partial charge in [-0.1, -0.05) is 13.3 Å². The SMILES string of the molecule is CCNS(=O)(=O)c1ccc(NCCCCCN)cc1. The van der Waals surface area contributed by atoms with E-state index in [1.54, 1.807) is 31.2 Å². The van der Waals surface area contributed by atoms with Crippen LogP contribution >= 0.6 is 0 Å². The summed E-state index contributed by atoms with van der Waals surface area (Å²) in [4.78, 5) is 0.294. The van der Waals surface area contributed by atoms with Crippen molar-refractivity contribution in [2.45, 2.75) is 31.1 Å². The van der Waals surface area contributed by atoms with Crippen molar-refractivity contribution >= 4 is 15.7 Å². The summed E-state index contributed by atoms with van der Waals surface area (Å²) in [5, 5.41) is 3.26. The third-order valence-corrected chi connectivity index (χ3v) is 4.27. The average Bonchev–Trinajstić information content (AvgIpc) is 2.39. The normalized spacial score (nSPS) is 11.5. The molecular weight excluding hydrogens is 262 g/mol. The van der Waals surface area contributed by atoms with E-state index in [-0.39, 0.29) is 0 Å². The molecule has 0 saturated carbocycles. The van der Waals surface area contributed by atoms with Gasteiger partial charge < -0.3 is 11.1 Å². The molecule has 4 N–H and O–H groups in total. The van der Waals surface area contributed by atoms with Crippen molar-refractivity contribution in [1.82, 2.24) is 4.72 Å². The zero-order chi connectivity index (χ0) is 14.1. The number of nitrogens with one attached hydrogen (secondary N) is 2. The number of hydrogen-bond acceptors (Lipinski definition) is 4. The summed E-state index contributed by atoms with van der Waals surface area (Å²) in [7, 11) is -3.35. The highest BCUT2D eigenvalue weighted by Crippen LogP contribution is 2.14. The number of anilines is 1. The summed E-state index contributed by atoms with van der Waals surface area (Å²) in [6, 6.07) is 6.79. The first-order valence-corrected chi connectivity index (χ1v) is 8.12. The minimum absolute atomic E-state index is 0.294. The smallest absolute Gasteiger partial charge is 0.240 e. The first kappa shape index (κ1) is 15.9. The molecular formula is C13H23N3O2S. The highest BCUT2D eigenvalue weighted by atomic mass is 32.2. The molecule has 0 amide bonds. The van der Waals surface area contributed by atoms with Gasteiger partial charge in [0.15, 0.2) is 0 Å². The number of unbranched alkanes of at least 4 members (excludes halogenated alkanes) is 2. The van der Waals surface area contributed by atoms with Crippen molar-refractivity contribution in [2.24, 2.45) is 5.73 Å². The quantitative estimate of drug-likeness (QED) is 0.601. The minimum Gasteiger partial charge on any atom is -0.385 e. The number of sulfonamides is 1. The van der Waals surface area contributed by atoms with Crippen molar-refractivity contribution in [2.75, 3.05) is 25.0 Å². The van der Waals surface area contributed by atoms with Crippen LogP contribution in [0.15, 0.2) is 29.2 Å². The van der Waals surface area contributed by atoms with E-state index in [0.29, 0.717) is 11.4 Å². The Hall–Kier alpha value is -1.11. The number of rotatable bonds is 9. The third-order valence-electron chi connectivity index (χ3n) is 2.71. The molecule has 1 aromatic carbocycles. The molecule has 5 nitrogen and oxygen atoms in total. The Morgan fingerprint density at radius 3 is 2.37 bits per heavy atom. The fourth-order valence-electron chi connectivity index (χ4n) is 1.70. The molecule has 19 heavy (non-hydrogen) atoms. The predicted octanol–water partition coefficient (Wildman–Crippen LogP) is 1.53. The lowest BCUT2D eigenvalue weighted by Crippen LogP contribution is -2.23. The Morgan fingerprint density at radius 2 is 1.79 bits per heavy atom. The summed E-state index contributed by atoms with van der Waals surface area (Å²) < 4.78 is 25.9. The summed E-state index contributed by atoms with van der Waals surface area (Å²) in [5.41, 5.74) is 6.35. The highest BCUT2D eigenvalue weighted by molar-refractivity contribution is 7.89. The van der Waals surface area contributed by atoms with Gasteiger partial charge in [-0.2, -0.15) is 0 Å². The van der Waals surface area contributed by atoms with Gasteiger partial charge in [-0.15, -0.1) is 0 Å². The van der Waals surface area contributed by atoms with E-state index in [4.69, 9.17) is 5.73 Å². The van der Waals surface area contributed by atoms with Crippen LogP contribution in [0.2, 0.25) is 0 Å². The lowest BCUT2D eigenvalue weighted by Gasteiger charge is -2.08. The van der Waals surface area contributed by atoms with E-state index >= 15 is 0 Å². The maximum atomic E-state index is 11.7. The van der Waals surface area contributed by atoms with Crippen LogP contribution in [-0.2, 0) is 10.0 Å². The molecule has 0 heterocycles. The van der Waals surface area contributed by atoms with Crippen LogP contribution in [0.4, 0.5) is 5.69 Å². The number of benzene rings is 1. The minimum atomic E-state index is -3.35. The molecule has 0 saturated heterocycles. The Balaban J connectivity index is 2.48. The van der Waals surface area contributed by atoms with Gasteiger partial charge in [0.2, 0.25) is 10.0 Å². The lowest BCUT2D eigenvalue weighted by molar-refractivity contribution is 0.584. The van der Waals surface area contributed by atoms with Crippen LogP contribution in [-0.4, -0.2) is 28.1 Å². The molecule has 6 heteroatoms. The van der Waals surface area contributed by atoms with E-state index in [2.05, 4.69) is 10.0 Å². The molecule has 108 valence electrons. The number of nitrogens with two attached hydrogens (primary N) is 1. The Bertz CT molecular complexity index is 457. The molecule has 0 aromatic heterocycles. The first-order valence-electron chi connectivity index (χ1n) is 6.64. The molecule has 0 radical (unpaired) electrons. The topological polar surface area (TPSA) is 84.2 Å². The Morgan fingerprint density at radius 1 is 1.11 bits per heavy atom. The van der Waals surface area contributed by atoms with Gasteiger partial charge in [0, 0.05) is 18.8 Å². The molecule has 0 fully saturated rings. The lowest BCUT2D eigenvalue weighted by atomic mass is 10.2. The maximum Gasteiger partial charge on any atom is 0.240 e. The standard InChI is InChI=1S/C13H23N3O2S/c1-2-16-19(17,18)13-8-6-12(7-9-13)15-11-5-3-4-10-14/h6-9,15-16H,2-5,10-11,14H2,1H3. The molecule has 0 aliphatic carbocycles. The van der Waals surface area contributed by atoms with Crippen molar-refractivity contribution in [3.8, 4) is 0 Å². The molecule has 0 aliphatic rings. The predicted molar refractivity (Wildman–Crippen MR) is 78.7 cm³/mol. The molecule has 1 aromatic rings. The van der Waals surface area contributed by atoms with Crippen molar-refractivity contribution in [3.63, 3.8) is 0 Å². The Labute approximate surface area is 115 Å². The van der Waals surface area contributed by atoms with Gasteiger partial charge in [-0.05, 0) is 43.7 Å². The fraction of sp³-hybridized carbons (Fsp3) is 0.538. The molecule has 0 bridgehead atoms. The molecule has 0 atom stereocenters. The van der Waals surface area contributed by atoms with Crippen LogP contribution in [0.5, 0.6) is 0 Å². The summed E-state index contributed by atoms with van der Waals surface area (Å²) in [5.74, 6) is 0. The second-order valence-electron chi connectivity index (χ2n) is 4.30. The molecule has 1 rings (SSSR count). The van der Waals surface area contributed by atoms with Crippen LogP contribution in [0, 0.1) is 0 Å².